The van der Waals surface area contributed by atoms with E-state index in [-0.39, 0.29) is 0 Å². The monoisotopic (exact) mass is 524 g/mol. The summed E-state index contributed by atoms with van der Waals surface area (Å²) in [6.45, 7) is 6.26. The van der Waals surface area contributed by atoms with E-state index in [0.717, 1.165) is 44.8 Å². The van der Waals surface area contributed by atoms with Crippen molar-refractivity contribution in [1.29, 1.82) is 5.26 Å². The van der Waals surface area contributed by atoms with Crippen molar-refractivity contribution in [1.82, 2.24) is 0 Å². The maximum absolute atomic E-state index is 9.50. The van der Waals surface area contributed by atoms with Crippen LogP contribution in [0.3, 0.4) is 0 Å². The molecule has 0 radical (unpaired) electrons. The zero-order chi connectivity index (χ0) is 28.1. The van der Waals surface area contributed by atoms with Crippen LogP contribution in [0, 0.1) is 25.2 Å². The highest BCUT2D eigenvalue weighted by molar-refractivity contribution is 6.25. The summed E-state index contributed by atoms with van der Waals surface area (Å²) in [4.78, 5) is 5.05. The first-order chi connectivity index (χ1) is 20.0. The molecule has 0 unspecified atom stereocenters. The fourth-order valence-electron chi connectivity index (χ4n) is 6.20. The Bertz CT molecular complexity index is 2180. The van der Waals surface area contributed by atoms with E-state index in [1.807, 2.05) is 24.3 Å². The molecule has 0 saturated carbocycles. The van der Waals surface area contributed by atoms with Gasteiger partial charge in [-0.15, -0.1) is 0 Å². The number of nitriles is 1. The Kier molecular flexibility index (Phi) is 5.88. The standard InChI is InChI=1S/C39H28N2/c1-24-7-4-5-10-37(24)41-26(3)33-18-16-31(22-36(33)32-17-11-27(23-40)21-25(32)2)34-19-14-30-13-12-28-8-6-9-29-15-20-35(34)39(30)38(28)29/h4-22H,1-3H3. The Morgan fingerprint density at radius 2 is 1.32 bits per heavy atom. The van der Waals surface area contributed by atoms with Crippen molar-refractivity contribution in [2.24, 2.45) is 4.99 Å². The van der Waals surface area contributed by atoms with Gasteiger partial charge in [-0.2, -0.15) is 5.26 Å². The van der Waals surface area contributed by atoms with Gasteiger partial charge in [0, 0.05) is 11.3 Å². The summed E-state index contributed by atoms with van der Waals surface area (Å²) >= 11 is 0. The zero-order valence-electron chi connectivity index (χ0n) is 23.4. The fourth-order valence-corrected chi connectivity index (χ4v) is 6.20. The van der Waals surface area contributed by atoms with Crippen LogP contribution in [0.1, 0.15) is 29.2 Å². The van der Waals surface area contributed by atoms with Gasteiger partial charge in [0.1, 0.15) is 0 Å². The maximum Gasteiger partial charge on any atom is 0.0991 e. The average molecular weight is 525 g/mol. The molecule has 7 aromatic rings. The fraction of sp³-hybridized carbons (Fsp3) is 0.0769. The quantitative estimate of drug-likeness (QED) is 0.167. The molecule has 0 N–H and O–H groups in total. The van der Waals surface area contributed by atoms with Gasteiger partial charge in [0.2, 0.25) is 0 Å². The number of hydrogen-bond donors (Lipinski definition) is 0. The van der Waals surface area contributed by atoms with E-state index < -0.39 is 0 Å². The third-order valence-electron chi connectivity index (χ3n) is 8.30. The van der Waals surface area contributed by atoms with Crippen molar-refractivity contribution in [2.45, 2.75) is 20.8 Å². The van der Waals surface area contributed by atoms with E-state index >= 15 is 0 Å². The maximum atomic E-state index is 9.50. The second kappa shape index (κ2) is 9.73. The minimum atomic E-state index is 0.668. The van der Waals surface area contributed by atoms with Gasteiger partial charge in [-0.3, -0.25) is 4.99 Å². The number of rotatable bonds is 4. The van der Waals surface area contributed by atoms with Crippen molar-refractivity contribution in [2.75, 3.05) is 0 Å². The molecule has 0 spiro atoms. The van der Waals surface area contributed by atoms with Gasteiger partial charge >= 0.3 is 0 Å². The van der Waals surface area contributed by atoms with Crippen LogP contribution in [0.4, 0.5) is 5.69 Å². The van der Waals surface area contributed by atoms with Gasteiger partial charge in [0.05, 0.1) is 17.3 Å². The van der Waals surface area contributed by atoms with Gasteiger partial charge in [0.25, 0.3) is 0 Å². The lowest BCUT2D eigenvalue weighted by atomic mass is 9.87. The minimum absolute atomic E-state index is 0.668. The number of benzene rings is 7. The van der Waals surface area contributed by atoms with Crippen LogP contribution in [-0.4, -0.2) is 5.71 Å². The Morgan fingerprint density at radius 3 is 2.07 bits per heavy atom. The molecule has 2 heteroatoms. The molecule has 2 nitrogen and oxygen atoms in total. The Hall–Kier alpha value is -5.26. The zero-order valence-corrected chi connectivity index (χ0v) is 23.4. The summed E-state index contributed by atoms with van der Waals surface area (Å²) < 4.78 is 0. The van der Waals surface area contributed by atoms with Gasteiger partial charge in [0.15, 0.2) is 0 Å². The van der Waals surface area contributed by atoms with Gasteiger partial charge in [-0.25, -0.2) is 0 Å². The van der Waals surface area contributed by atoms with Crippen LogP contribution in [0.25, 0.3) is 54.6 Å². The van der Waals surface area contributed by atoms with Gasteiger partial charge in [-0.1, -0.05) is 91.0 Å². The molecule has 194 valence electrons. The second-order valence-corrected chi connectivity index (χ2v) is 10.9. The molecule has 7 rings (SSSR count). The molecule has 0 aliphatic carbocycles. The van der Waals surface area contributed by atoms with Crippen LogP contribution in [-0.2, 0) is 0 Å². The average Bonchev–Trinajstić information content (AvgIpc) is 3.00. The highest BCUT2D eigenvalue weighted by Gasteiger charge is 2.16. The Labute approximate surface area is 240 Å². The molecule has 0 atom stereocenters. The summed E-state index contributed by atoms with van der Waals surface area (Å²) in [5.74, 6) is 0. The number of para-hydroxylation sites is 1. The van der Waals surface area contributed by atoms with Crippen LogP contribution < -0.4 is 0 Å². The van der Waals surface area contributed by atoms with Crippen LogP contribution in [0.5, 0.6) is 0 Å². The highest BCUT2D eigenvalue weighted by Crippen LogP contribution is 2.41. The number of aliphatic imine (C=N–C) groups is 1. The summed E-state index contributed by atoms with van der Waals surface area (Å²) in [5, 5.41) is 17.2. The first-order valence-corrected chi connectivity index (χ1v) is 14.0. The smallest absolute Gasteiger partial charge is 0.0991 e. The SMILES string of the molecule is CC(=Nc1ccccc1C)c1ccc(-c2ccc3ccc4cccc5ccc2c3c45)cc1-c1ccc(C#N)cc1C. The van der Waals surface area contributed by atoms with Crippen molar-refractivity contribution >= 4 is 43.7 Å². The molecule has 0 aliphatic rings. The predicted molar refractivity (Wildman–Crippen MR) is 174 cm³/mol. The van der Waals surface area contributed by atoms with E-state index in [0.29, 0.717) is 5.56 Å². The number of aryl methyl sites for hydroxylation is 2. The summed E-state index contributed by atoms with van der Waals surface area (Å²) in [5.41, 5.74) is 10.5. The Balaban J connectivity index is 1.48. The number of nitrogens with zero attached hydrogens (tertiary/aromatic N) is 2. The molecule has 7 aromatic carbocycles. The van der Waals surface area contributed by atoms with Crippen LogP contribution in [0.2, 0.25) is 0 Å². The topological polar surface area (TPSA) is 36.1 Å². The Morgan fingerprint density at radius 1 is 0.610 bits per heavy atom. The molecule has 0 saturated heterocycles. The molecule has 41 heavy (non-hydrogen) atoms. The van der Waals surface area contributed by atoms with Crippen molar-refractivity contribution < 1.29 is 0 Å². The number of hydrogen-bond acceptors (Lipinski definition) is 2. The largest absolute Gasteiger partial charge is 0.253 e. The molecule has 0 heterocycles. The first-order valence-electron chi connectivity index (χ1n) is 14.0. The minimum Gasteiger partial charge on any atom is -0.253 e. The van der Waals surface area contributed by atoms with E-state index in [1.54, 1.807) is 0 Å². The summed E-state index contributed by atoms with van der Waals surface area (Å²) in [6.07, 6.45) is 0. The lowest BCUT2D eigenvalue weighted by Gasteiger charge is -2.17. The van der Waals surface area contributed by atoms with Crippen LogP contribution >= 0.6 is 0 Å². The van der Waals surface area contributed by atoms with Crippen LogP contribution in [0.15, 0.2) is 120 Å². The molecular formula is C39H28N2. The van der Waals surface area contributed by atoms with Gasteiger partial charge in [-0.05, 0) is 111 Å². The third-order valence-corrected chi connectivity index (χ3v) is 8.30. The normalized spacial score (nSPS) is 11.9. The lowest BCUT2D eigenvalue weighted by molar-refractivity contribution is 1.38. The summed E-state index contributed by atoms with van der Waals surface area (Å²) in [7, 11) is 0. The highest BCUT2D eigenvalue weighted by atomic mass is 14.7. The van der Waals surface area contributed by atoms with E-state index in [2.05, 4.69) is 118 Å². The molecule has 0 aliphatic heterocycles. The van der Waals surface area contributed by atoms with E-state index in [1.165, 1.54) is 37.9 Å². The first kappa shape index (κ1) is 24.8. The van der Waals surface area contributed by atoms with Crippen molar-refractivity contribution in [3.63, 3.8) is 0 Å². The van der Waals surface area contributed by atoms with E-state index in [9.17, 15) is 5.26 Å². The van der Waals surface area contributed by atoms with E-state index in [4.69, 9.17) is 4.99 Å². The third kappa shape index (κ3) is 4.15. The van der Waals surface area contributed by atoms with Crippen molar-refractivity contribution in [3.8, 4) is 28.3 Å². The van der Waals surface area contributed by atoms with Crippen molar-refractivity contribution in [3.05, 3.63) is 138 Å². The molecule has 0 amide bonds. The molecule has 0 bridgehead atoms. The molecule has 0 aromatic heterocycles. The second-order valence-electron chi connectivity index (χ2n) is 10.9. The summed E-state index contributed by atoms with van der Waals surface area (Å²) in [6, 6.07) is 43.2. The molecular weight excluding hydrogens is 496 g/mol. The molecule has 0 fully saturated rings. The predicted octanol–water partition coefficient (Wildman–Crippen LogP) is 10.5. The van der Waals surface area contributed by atoms with Gasteiger partial charge < -0.3 is 0 Å². The lowest BCUT2D eigenvalue weighted by Crippen LogP contribution is -2.00.